The average Bonchev–Trinajstić information content (AvgIpc) is 2.63. The summed E-state index contributed by atoms with van der Waals surface area (Å²) in [6.07, 6.45) is 1.49. The predicted octanol–water partition coefficient (Wildman–Crippen LogP) is 2.51. The summed E-state index contributed by atoms with van der Waals surface area (Å²) in [5.74, 6) is 2.90. The molecule has 0 unspecified atom stereocenters. The lowest BCUT2D eigenvalue weighted by molar-refractivity contribution is 0.329. The van der Waals surface area contributed by atoms with E-state index in [9.17, 15) is 0 Å². The topological polar surface area (TPSA) is 89.0 Å². The Morgan fingerprint density at radius 1 is 0.680 bits per heavy atom. The molecular weight excluding hydrogens is 320 g/mol. The Bertz CT molecular complexity index is 704. The minimum absolute atomic E-state index is 0.524. The lowest BCUT2D eigenvalue weighted by atomic mass is 10.1. The van der Waals surface area contributed by atoms with Crippen LogP contribution in [0.2, 0.25) is 0 Å². The van der Waals surface area contributed by atoms with Gasteiger partial charge in [0, 0.05) is 0 Å². The third-order valence-electron chi connectivity index (χ3n) is 3.82. The summed E-state index contributed by atoms with van der Waals surface area (Å²) >= 11 is 0. The molecule has 0 bridgehead atoms. The molecule has 0 spiro atoms. The van der Waals surface area contributed by atoms with Gasteiger partial charge in [0.15, 0.2) is 23.0 Å². The van der Waals surface area contributed by atoms with E-state index in [2.05, 4.69) is 0 Å². The van der Waals surface area contributed by atoms with Crippen LogP contribution in [0.1, 0.15) is 11.1 Å². The Morgan fingerprint density at radius 2 is 1.28 bits per heavy atom. The third-order valence-corrected chi connectivity index (χ3v) is 3.82. The first kappa shape index (κ1) is 18.9. The number of benzene rings is 2. The lowest BCUT2D eigenvalue weighted by Crippen LogP contribution is -2.04. The van der Waals surface area contributed by atoms with E-state index in [1.54, 1.807) is 21.3 Å². The highest BCUT2D eigenvalue weighted by molar-refractivity contribution is 5.56. The highest BCUT2D eigenvalue weighted by atomic mass is 16.5. The van der Waals surface area contributed by atoms with Gasteiger partial charge < -0.3 is 30.4 Å². The van der Waals surface area contributed by atoms with Gasteiger partial charge >= 0.3 is 0 Å². The monoisotopic (exact) mass is 346 g/mol. The fourth-order valence-electron chi connectivity index (χ4n) is 2.61. The zero-order chi connectivity index (χ0) is 18.2. The van der Waals surface area contributed by atoms with Crippen molar-refractivity contribution in [3.8, 4) is 28.7 Å². The van der Waals surface area contributed by atoms with Crippen LogP contribution in [0.5, 0.6) is 28.7 Å². The molecule has 6 heteroatoms. The van der Waals surface area contributed by atoms with Gasteiger partial charge in [-0.05, 0) is 61.3 Å². The van der Waals surface area contributed by atoms with Crippen LogP contribution in [-0.2, 0) is 12.8 Å². The predicted molar refractivity (Wildman–Crippen MR) is 98.1 cm³/mol. The summed E-state index contributed by atoms with van der Waals surface area (Å²) in [4.78, 5) is 0. The standard InChI is InChI=1S/C19H26N2O4/c1-22-16-10-13(6-8-20)4-5-15(16)25-18-12-14(7-9-21)11-17(23-2)19(18)24-3/h4-5,10-12H,6-9,20-21H2,1-3H3. The van der Waals surface area contributed by atoms with Crippen molar-refractivity contribution in [3.63, 3.8) is 0 Å². The van der Waals surface area contributed by atoms with Crippen molar-refractivity contribution in [1.82, 2.24) is 0 Å². The molecule has 0 radical (unpaired) electrons. The highest BCUT2D eigenvalue weighted by Crippen LogP contribution is 2.42. The van der Waals surface area contributed by atoms with E-state index in [0.29, 0.717) is 48.3 Å². The molecule has 0 aliphatic heterocycles. The molecule has 0 amide bonds. The van der Waals surface area contributed by atoms with E-state index in [0.717, 1.165) is 17.5 Å². The molecule has 2 rings (SSSR count). The molecule has 2 aromatic rings. The maximum absolute atomic E-state index is 6.08. The van der Waals surface area contributed by atoms with E-state index in [-0.39, 0.29) is 0 Å². The van der Waals surface area contributed by atoms with Gasteiger partial charge in [-0.1, -0.05) is 6.07 Å². The zero-order valence-electron chi connectivity index (χ0n) is 15.0. The van der Waals surface area contributed by atoms with Crippen LogP contribution >= 0.6 is 0 Å². The second kappa shape index (κ2) is 9.15. The summed E-state index contributed by atoms with van der Waals surface area (Å²) in [5, 5.41) is 0. The van der Waals surface area contributed by atoms with Gasteiger partial charge in [-0.25, -0.2) is 0 Å². The van der Waals surface area contributed by atoms with Crippen LogP contribution in [0.4, 0.5) is 0 Å². The van der Waals surface area contributed by atoms with Gasteiger partial charge in [-0.3, -0.25) is 0 Å². The van der Waals surface area contributed by atoms with Crippen molar-refractivity contribution in [1.29, 1.82) is 0 Å². The zero-order valence-corrected chi connectivity index (χ0v) is 15.0. The largest absolute Gasteiger partial charge is 0.493 e. The van der Waals surface area contributed by atoms with Crippen molar-refractivity contribution >= 4 is 0 Å². The van der Waals surface area contributed by atoms with Crippen molar-refractivity contribution in [2.45, 2.75) is 12.8 Å². The summed E-state index contributed by atoms with van der Waals surface area (Å²) < 4.78 is 22.4. The number of rotatable bonds is 9. The van der Waals surface area contributed by atoms with Gasteiger partial charge in [0.2, 0.25) is 5.75 Å². The van der Waals surface area contributed by atoms with E-state index in [1.165, 1.54) is 0 Å². The Kier molecular flexibility index (Phi) is 6.91. The maximum Gasteiger partial charge on any atom is 0.203 e. The second-order valence-electron chi connectivity index (χ2n) is 5.49. The van der Waals surface area contributed by atoms with Gasteiger partial charge in [0.1, 0.15) is 0 Å². The molecule has 0 aliphatic carbocycles. The van der Waals surface area contributed by atoms with Crippen molar-refractivity contribution in [2.75, 3.05) is 34.4 Å². The molecule has 0 saturated carbocycles. The molecule has 2 aromatic carbocycles. The fourth-order valence-corrected chi connectivity index (χ4v) is 2.61. The van der Waals surface area contributed by atoms with Crippen LogP contribution in [0.3, 0.4) is 0 Å². The number of methoxy groups -OCH3 is 3. The molecule has 0 saturated heterocycles. The quantitative estimate of drug-likeness (QED) is 0.725. The first-order chi connectivity index (χ1) is 12.2. The smallest absolute Gasteiger partial charge is 0.203 e. The third kappa shape index (κ3) is 4.55. The van der Waals surface area contributed by atoms with Crippen molar-refractivity contribution in [3.05, 3.63) is 41.5 Å². The maximum atomic E-state index is 6.08. The summed E-state index contributed by atoms with van der Waals surface area (Å²) in [6.45, 7) is 1.11. The SMILES string of the molecule is COc1cc(CCN)ccc1Oc1cc(CCN)cc(OC)c1OC. The molecule has 0 atom stereocenters. The van der Waals surface area contributed by atoms with E-state index >= 15 is 0 Å². The second-order valence-corrected chi connectivity index (χ2v) is 5.49. The van der Waals surface area contributed by atoms with Crippen LogP contribution < -0.4 is 30.4 Å². The van der Waals surface area contributed by atoms with E-state index in [1.807, 2.05) is 30.3 Å². The molecule has 136 valence electrons. The number of ether oxygens (including phenoxy) is 4. The molecule has 0 heterocycles. The van der Waals surface area contributed by atoms with E-state index in [4.69, 9.17) is 30.4 Å². The minimum atomic E-state index is 0.524. The molecule has 0 fully saturated rings. The first-order valence-electron chi connectivity index (χ1n) is 8.16. The Labute approximate surface area is 148 Å². The molecule has 6 nitrogen and oxygen atoms in total. The molecule has 0 aromatic heterocycles. The van der Waals surface area contributed by atoms with Crippen LogP contribution in [0.15, 0.2) is 30.3 Å². The minimum Gasteiger partial charge on any atom is -0.493 e. The Balaban J connectivity index is 2.42. The van der Waals surface area contributed by atoms with Gasteiger partial charge in [0.05, 0.1) is 21.3 Å². The van der Waals surface area contributed by atoms with Crippen LogP contribution in [0.25, 0.3) is 0 Å². The van der Waals surface area contributed by atoms with Gasteiger partial charge in [-0.2, -0.15) is 0 Å². The number of hydrogen-bond donors (Lipinski definition) is 2. The van der Waals surface area contributed by atoms with Crippen LogP contribution in [0, 0.1) is 0 Å². The average molecular weight is 346 g/mol. The molecule has 25 heavy (non-hydrogen) atoms. The molecule has 0 aliphatic rings. The molecule has 4 N–H and O–H groups in total. The fraction of sp³-hybridized carbons (Fsp3) is 0.368. The molecular formula is C19H26N2O4. The Hall–Kier alpha value is -2.44. The summed E-state index contributed by atoms with van der Waals surface area (Å²) in [5.41, 5.74) is 13.4. The summed E-state index contributed by atoms with van der Waals surface area (Å²) in [7, 11) is 4.78. The van der Waals surface area contributed by atoms with Crippen LogP contribution in [-0.4, -0.2) is 34.4 Å². The number of nitrogens with two attached hydrogens (primary N) is 2. The number of hydrogen-bond acceptors (Lipinski definition) is 6. The van der Waals surface area contributed by atoms with Crippen molar-refractivity contribution < 1.29 is 18.9 Å². The van der Waals surface area contributed by atoms with Gasteiger partial charge in [0.25, 0.3) is 0 Å². The van der Waals surface area contributed by atoms with Gasteiger partial charge in [-0.15, -0.1) is 0 Å². The lowest BCUT2D eigenvalue weighted by Gasteiger charge is -2.17. The van der Waals surface area contributed by atoms with Crippen molar-refractivity contribution in [2.24, 2.45) is 11.5 Å². The normalized spacial score (nSPS) is 10.4. The summed E-state index contributed by atoms with van der Waals surface area (Å²) in [6, 6.07) is 9.57. The Morgan fingerprint density at radius 3 is 1.88 bits per heavy atom. The van der Waals surface area contributed by atoms with E-state index < -0.39 is 0 Å². The highest BCUT2D eigenvalue weighted by Gasteiger charge is 2.16. The first-order valence-corrected chi connectivity index (χ1v) is 8.16.